The maximum absolute atomic E-state index is 14.1. The number of rotatable bonds is 7. The molecule has 10 heteroatoms. The zero-order valence-corrected chi connectivity index (χ0v) is 19.8. The quantitative estimate of drug-likeness (QED) is 0.422. The van der Waals surface area contributed by atoms with E-state index in [0.29, 0.717) is 73.6 Å². The van der Waals surface area contributed by atoms with E-state index in [1.54, 1.807) is 16.6 Å². The number of carbonyl (C=O) groups excluding carboxylic acids is 1. The van der Waals surface area contributed by atoms with Crippen molar-refractivity contribution in [2.24, 2.45) is 0 Å². The lowest BCUT2D eigenvalue weighted by Gasteiger charge is -2.36. The highest BCUT2D eigenvalue weighted by atomic mass is 35.5. The molecule has 4 aromatic rings. The molecule has 0 radical (unpaired) electrons. The van der Waals surface area contributed by atoms with Crippen LogP contribution in [0.1, 0.15) is 17.8 Å². The Hall–Kier alpha value is -3.72. The molecule has 0 bridgehead atoms. The largest absolute Gasteiger partial charge is 0.366 e. The first kappa shape index (κ1) is 23.0. The Labute approximate surface area is 207 Å². The van der Waals surface area contributed by atoms with Crippen LogP contribution in [-0.2, 0) is 17.8 Å². The molecule has 1 aliphatic rings. The number of carbonyl (C=O) groups is 1. The number of amides is 1. The van der Waals surface area contributed by atoms with Gasteiger partial charge in [0, 0.05) is 50.6 Å². The number of fused-ring (bicyclic) bond motifs is 1. The Kier molecular flexibility index (Phi) is 6.76. The van der Waals surface area contributed by atoms with E-state index in [-0.39, 0.29) is 11.7 Å². The molecule has 3 heterocycles. The molecule has 0 aliphatic carbocycles. The predicted molar refractivity (Wildman–Crippen MR) is 133 cm³/mol. The van der Waals surface area contributed by atoms with Crippen LogP contribution in [-0.4, -0.2) is 56.8 Å². The van der Waals surface area contributed by atoms with Crippen molar-refractivity contribution in [3.05, 3.63) is 82.9 Å². The Morgan fingerprint density at radius 2 is 1.74 bits per heavy atom. The summed E-state index contributed by atoms with van der Waals surface area (Å²) >= 11 is 5.95. The van der Waals surface area contributed by atoms with Crippen molar-refractivity contribution in [2.75, 3.05) is 36.4 Å². The lowest BCUT2D eigenvalue weighted by molar-refractivity contribution is -0.131. The van der Waals surface area contributed by atoms with Gasteiger partial charge < -0.3 is 15.1 Å². The van der Waals surface area contributed by atoms with E-state index in [2.05, 4.69) is 20.6 Å². The van der Waals surface area contributed by atoms with Crippen molar-refractivity contribution < 1.29 is 9.18 Å². The van der Waals surface area contributed by atoms with Crippen molar-refractivity contribution in [2.45, 2.75) is 19.4 Å². The number of benzene rings is 2. The number of aryl methyl sites for hydroxylation is 1. The first-order valence-corrected chi connectivity index (χ1v) is 11.9. The number of hydrogen-bond acceptors (Lipinski definition) is 6. The third-order valence-electron chi connectivity index (χ3n) is 6.10. The molecule has 0 saturated carbocycles. The summed E-state index contributed by atoms with van der Waals surface area (Å²) in [5.41, 5.74) is 2.30. The monoisotopic (exact) mass is 493 g/mol. The zero-order chi connectivity index (χ0) is 24.2. The minimum Gasteiger partial charge on any atom is -0.366 e. The van der Waals surface area contributed by atoms with Crippen LogP contribution in [0, 0.1) is 5.82 Å². The van der Waals surface area contributed by atoms with Crippen molar-refractivity contribution in [3.63, 3.8) is 0 Å². The maximum atomic E-state index is 14.1. The summed E-state index contributed by atoms with van der Waals surface area (Å²) in [6.45, 7) is 2.93. The van der Waals surface area contributed by atoms with Gasteiger partial charge in [-0.3, -0.25) is 4.79 Å². The molecule has 0 atom stereocenters. The summed E-state index contributed by atoms with van der Waals surface area (Å²) in [6, 6.07) is 18.1. The molecule has 1 amide bonds. The van der Waals surface area contributed by atoms with Gasteiger partial charge in [0.15, 0.2) is 11.5 Å². The van der Waals surface area contributed by atoms with Gasteiger partial charge in [0.25, 0.3) is 0 Å². The SMILES string of the molecule is O=C(CCc1nnc2ccc(NCc3ccc(Cl)cc3)nn12)N1CCN(c2ccccc2F)CC1. The van der Waals surface area contributed by atoms with Crippen LogP contribution in [0.4, 0.5) is 15.9 Å². The van der Waals surface area contributed by atoms with Gasteiger partial charge in [-0.25, -0.2) is 4.39 Å². The Bertz CT molecular complexity index is 1320. The second kappa shape index (κ2) is 10.3. The minimum absolute atomic E-state index is 0.0481. The van der Waals surface area contributed by atoms with E-state index >= 15 is 0 Å². The first-order chi connectivity index (χ1) is 17.1. The first-order valence-electron chi connectivity index (χ1n) is 11.5. The number of nitrogens with zero attached hydrogens (tertiary/aromatic N) is 6. The normalized spacial score (nSPS) is 13.9. The van der Waals surface area contributed by atoms with Gasteiger partial charge >= 0.3 is 0 Å². The molecule has 2 aromatic heterocycles. The summed E-state index contributed by atoms with van der Waals surface area (Å²) in [6.07, 6.45) is 0.742. The van der Waals surface area contributed by atoms with Crippen molar-refractivity contribution >= 4 is 34.7 Å². The van der Waals surface area contributed by atoms with Gasteiger partial charge in [-0.2, -0.15) is 4.52 Å². The number of piperazine rings is 1. The number of para-hydroxylation sites is 1. The van der Waals surface area contributed by atoms with Crippen LogP contribution >= 0.6 is 11.6 Å². The number of halogens is 2. The van der Waals surface area contributed by atoms with Crippen LogP contribution in [0.2, 0.25) is 5.02 Å². The van der Waals surface area contributed by atoms with Gasteiger partial charge in [-0.15, -0.1) is 15.3 Å². The average molecular weight is 494 g/mol. The van der Waals surface area contributed by atoms with Crippen LogP contribution in [0.5, 0.6) is 0 Å². The van der Waals surface area contributed by atoms with Gasteiger partial charge in [0.2, 0.25) is 5.91 Å². The summed E-state index contributed by atoms with van der Waals surface area (Å²) in [7, 11) is 0. The van der Waals surface area contributed by atoms with E-state index in [0.717, 1.165) is 5.56 Å². The van der Waals surface area contributed by atoms with E-state index in [1.165, 1.54) is 6.07 Å². The Balaban J connectivity index is 1.17. The second-order valence-corrected chi connectivity index (χ2v) is 8.84. The van der Waals surface area contributed by atoms with E-state index in [1.807, 2.05) is 52.3 Å². The number of hydrogen-bond donors (Lipinski definition) is 1. The number of nitrogens with one attached hydrogen (secondary N) is 1. The number of aromatic nitrogens is 4. The second-order valence-electron chi connectivity index (χ2n) is 8.40. The van der Waals surface area contributed by atoms with Crippen molar-refractivity contribution in [3.8, 4) is 0 Å². The third-order valence-corrected chi connectivity index (χ3v) is 6.35. The third kappa shape index (κ3) is 5.35. The fourth-order valence-electron chi connectivity index (χ4n) is 4.16. The molecule has 5 rings (SSSR count). The zero-order valence-electron chi connectivity index (χ0n) is 19.1. The average Bonchev–Trinajstić information content (AvgIpc) is 3.29. The van der Waals surface area contributed by atoms with Crippen molar-refractivity contribution in [1.82, 2.24) is 24.7 Å². The lowest BCUT2D eigenvalue weighted by Crippen LogP contribution is -2.49. The van der Waals surface area contributed by atoms with Gasteiger partial charge in [-0.05, 0) is 42.0 Å². The smallest absolute Gasteiger partial charge is 0.223 e. The summed E-state index contributed by atoms with van der Waals surface area (Å²) in [4.78, 5) is 16.6. The topological polar surface area (TPSA) is 78.7 Å². The standard InChI is InChI=1S/C25H25ClFN7O/c26-19-7-5-18(6-8-19)17-28-22-9-10-23-29-30-24(34(23)31-22)11-12-25(35)33-15-13-32(14-16-33)21-4-2-1-3-20(21)27/h1-10H,11-17H2,(H,28,31). The van der Waals surface area contributed by atoms with E-state index in [4.69, 9.17) is 11.6 Å². The Morgan fingerprint density at radius 1 is 0.971 bits per heavy atom. The highest BCUT2D eigenvalue weighted by Gasteiger charge is 2.23. The molecule has 2 aromatic carbocycles. The lowest BCUT2D eigenvalue weighted by atomic mass is 10.2. The van der Waals surface area contributed by atoms with Crippen LogP contribution in [0.25, 0.3) is 5.65 Å². The van der Waals surface area contributed by atoms with Crippen molar-refractivity contribution in [1.29, 1.82) is 0 Å². The summed E-state index contributed by atoms with van der Waals surface area (Å²) in [5.74, 6) is 1.13. The molecule has 180 valence electrons. The molecular formula is C25H25ClFN7O. The molecule has 1 aliphatic heterocycles. The summed E-state index contributed by atoms with van der Waals surface area (Å²) in [5, 5.41) is 17.0. The molecule has 1 N–H and O–H groups in total. The highest BCUT2D eigenvalue weighted by Crippen LogP contribution is 2.20. The van der Waals surface area contributed by atoms with Gasteiger partial charge in [0.1, 0.15) is 11.6 Å². The van der Waals surface area contributed by atoms with E-state index < -0.39 is 0 Å². The molecule has 0 spiro atoms. The maximum Gasteiger partial charge on any atom is 0.223 e. The van der Waals surface area contributed by atoms with E-state index in [9.17, 15) is 9.18 Å². The van der Waals surface area contributed by atoms with Crippen LogP contribution in [0.15, 0.2) is 60.7 Å². The fourth-order valence-corrected chi connectivity index (χ4v) is 4.29. The van der Waals surface area contributed by atoms with Crippen LogP contribution in [0.3, 0.4) is 0 Å². The molecule has 1 fully saturated rings. The van der Waals surface area contributed by atoms with Gasteiger partial charge in [0.05, 0.1) is 5.69 Å². The van der Waals surface area contributed by atoms with Gasteiger partial charge in [-0.1, -0.05) is 35.9 Å². The molecule has 35 heavy (non-hydrogen) atoms. The fraction of sp³-hybridized carbons (Fsp3) is 0.280. The highest BCUT2D eigenvalue weighted by molar-refractivity contribution is 6.30. The number of anilines is 2. The molecule has 8 nitrogen and oxygen atoms in total. The van der Waals surface area contributed by atoms with Crippen LogP contribution < -0.4 is 10.2 Å². The minimum atomic E-state index is -0.236. The summed E-state index contributed by atoms with van der Waals surface area (Å²) < 4.78 is 15.7. The predicted octanol–water partition coefficient (Wildman–Crippen LogP) is 3.81. The Morgan fingerprint density at radius 3 is 2.51 bits per heavy atom. The molecular weight excluding hydrogens is 469 g/mol. The molecule has 0 unspecified atom stereocenters. The molecule has 1 saturated heterocycles.